The molecule has 2 amide bonds. The minimum atomic E-state index is -0.393. The highest BCUT2D eigenvalue weighted by Gasteiger charge is 2.39. The Balaban J connectivity index is 1.42. The van der Waals surface area contributed by atoms with E-state index in [0.29, 0.717) is 31.0 Å². The summed E-state index contributed by atoms with van der Waals surface area (Å²) < 4.78 is 15.4. The van der Waals surface area contributed by atoms with Crippen LogP contribution in [0.25, 0.3) is 0 Å². The highest BCUT2D eigenvalue weighted by molar-refractivity contribution is 5.94. The summed E-state index contributed by atoms with van der Waals surface area (Å²) in [5.41, 5.74) is 1.43. The number of aryl methyl sites for hydroxylation is 1. The van der Waals surface area contributed by atoms with Crippen LogP contribution in [-0.2, 0) is 18.3 Å². The fourth-order valence-electron chi connectivity index (χ4n) is 4.64. The molecule has 2 aliphatic heterocycles. The molecule has 2 saturated heterocycles. The molecule has 0 bridgehead atoms. The minimum absolute atomic E-state index is 0.120. The van der Waals surface area contributed by atoms with Crippen molar-refractivity contribution in [3.8, 4) is 0 Å². The Morgan fingerprint density at radius 3 is 2.79 bits per heavy atom. The van der Waals surface area contributed by atoms with Crippen LogP contribution in [-0.4, -0.2) is 51.9 Å². The SMILES string of the molecule is Cn1ccc(CC(=O)N2CCC[C@@H]3CN(C(=O)c4cccc(F)c4)CC[C@@H]32)c1. The number of nitrogens with zero attached hydrogens (tertiary/aromatic N) is 3. The normalized spacial score (nSPS) is 22.1. The van der Waals surface area contributed by atoms with Crippen LogP contribution in [0.5, 0.6) is 0 Å². The van der Waals surface area contributed by atoms with Crippen LogP contribution in [0.2, 0.25) is 0 Å². The predicted octanol–water partition coefficient (Wildman–Crippen LogP) is 2.86. The summed E-state index contributed by atoms with van der Waals surface area (Å²) in [7, 11) is 1.95. The largest absolute Gasteiger partial charge is 0.357 e. The molecule has 0 aliphatic carbocycles. The quantitative estimate of drug-likeness (QED) is 0.818. The van der Waals surface area contributed by atoms with Crippen LogP contribution in [0.15, 0.2) is 42.7 Å². The molecular formula is C22H26FN3O2. The lowest BCUT2D eigenvalue weighted by atomic mass is 9.83. The number of halogens is 1. The first-order valence-electron chi connectivity index (χ1n) is 9.96. The second-order valence-electron chi connectivity index (χ2n) is 7.97. The Hall–Kier alpha value is -2.63. The lowest BCUT2D eigenvalue weighted by molar-refractivity contribution is -0.137. The number of fused-ring (bicyclic) bond motifs is 1. The van der Waals surface area contributed by atoms with Gasteiger partial charge in [0.2, 0.25) is 5.91 Å². The first kappa shape index (κ1) is 18.7. The third-order valence-corrected chi connectivity index (χ3v) is 6.00. The summed E-state index contributed by atoms with van der Waals surface area (Å²) in [5, 5.41) is 0. The molecule has 0 spiro atoms. The van der Waals surface area contributed by atoms with E-state index in [-0.39, 0.29) is 17.9 Å². The second kappa shape index (κ2) is 7.78. The fourth-order valence-corrected chi connectivity index (χ4v) is 4.64. The fraction of sp³-hybridized carbons (Fsp3) is 0.455. The van der Waals surface area contributed by atoms with Crippen LogP contribution in [0.1, 0.15) is 35.2 Å². The van der Waals surface area contributed by atoms with Gasteiger partial charge >= 0.3 is 0 Å². The highest BCUT2D eigenvalue weighted by atomic mass is 19.1. The van der Waals surface area contributed by atoms with E-state index in [9.17, 15) is 14.0 Å². The lowest BCUT2D eigenvalue weighted by Gasteiger charge is -2.47. The number of piperidine rings is 2. The van der Waals surface area contributed by atoms with E-state index in [2.05, 4.69) is 0 Å². The maximum absolute atomic E-state index is 13.5. The van der Waals surface area contributed by atoms with E-state index in [1.54, 1.807) is 12.1 Å². The topological polar surface area (TPSA) is 45.6 Å². The molecule has 2 fully saturated rings. The molecule has 3 heterocycles. The molecule has 2 atom stereocenters. The molecule has 6 heteroatoms. The van der Waals surface area contributed by atoms with Gasteiger partial charge in [0, 0.05) is 50.7 Å². The Bertz CT molecular complexity index is 878. The molecule has 0 radical (unpaired) electrons. The number of benzene rings is 1. The van der Waals surface area contributed by atoms with E-state index in [1.807, 2.05) is 39.9 Å². The molecule has 0 saturated carbocycles. The third-order valence-electron chi connectivity index (χ3n) is 6.00. The molecule has 2 aromatic rings. The van der Waals surface area contributed by atoms with Gasteiger partial charge in [-0.3, -0.25) is 9.59 Å². The molecular weight excluding hydrogens is 357 g/mol. The van der Waals surface area contributed by atoms with Crippen LogP contribution in [0, 0.1) is 11.7 Å². The zero-order chi connectivity index (χ0) is 19.7. The van der Waals surface area contributed by atoms with Gasteiger partial charge in [0.25, 0.3) is 5.91 Å². The second-order valence-corrected chi connectivity index (χ2v) is 7.97. The summed E-state index contributed by atoms with van der Waals surface area (Å²) in [4.78, 5) is 29.5. The maximum Gasteiger partial charge on any atom is 0.253 e. The zero-order valence-corrected chi connectivity index (χ0v) is 16.2. The Kier molecular flexibility index (Phi) is 5.20. The van der Waals surface area contributed by atoms with Crippen molar-refractivity contribution >= 4 is 11.8 Å². The van der Waals surface area contributed by atoms with E-state index in [1.165, 1.54) is 12.1 Å². The van der Waals surface area contributed by atoms with Crippen molar-refractivity contribution in [3.05, 3.63) is 59.7 Å². The van der Waals surface area contributed by atoms with E-state index >= 15 is 0 Å². The van der Waals surface area contributed by atoms with E-state index in [0.717, 1.165) is 31.4 Å². The van der Waals surface area contributed by atoms with Gasteiger partial charge in [-0.05, 0) is 55.0 Å². The Morgan fingerprint density at radius 2 is 2.04 bits per heavy atom. The first-order valence-corrected chi connectivity index (χ1v) is 9.96. The van der Waals surface area contributed by atoms with Gasteiger partial charge in [-0.15, -0.1) is 0 Å². The van der Waals surface area contributed by atoms with Crippen LogP contribution in [0.3, 0.4) is 0 Å². The van der Waals surface area contributed by atoms with Crippen molar-refractivity contribution in [1.82, 2.24) is 14.4 Å². The van der Waals surface area contributed by atoms with Crippen LogP contribution >= 0.6 is 0 Å². The van der Waals surface area contributed by atoms with E-state index in [4.69, 9.17) is 0 Å². The third kappa shape index (κ3) is 3.81. The summed E-state index contributed by atoms with van der Waals surface area (Å²) >= 11 is 0. The molecule has 148 valence electrons. The summed E-state index contributed by atoms with van der Waals surface area (Å²) in [6.07, 6.45) is 7.14. The Morgan fingerprint density at radius 1 is 1.18 bits per heavy atom. The highest BCUT2D eigenvalue weighted by Crippen LogP contribution is 2.31. The smallest absolute Gasteiger partial charge is 0.253 e. The van der Waals surface area contributed by atoms with Gasteiger partial charge in [0.1, 0.15) is 5.82 Å². The molecule has 1 aromatic carbocycles. The predicted molar refractivity (Wildman–Crippen MR) is 104 cm³/mol. The number of carbonyl (C=O) groups is 2. The van der Waals surface area contributed by atoms with Crippen LogP contribution < -0.4 is 0 Å². The maximum atomic E-state index is 13.5. The Labute approximate surface area is 164 Å². The monoisotopic (exact) mass is 383 g/mol. The van der Waals surface area contributed by atoms with E-state index < -0.39 is 5.82 Å². The van der Waals surface area contributed by atoms with Gasteiger partial charge in [0.15, 0.2) is 0 Å². The van der Waals surface area contributed by atoms with Crippen molar-refractivity contribution in [2.75, 3.05) is 19.6 Å². The number of carbonyl (C=O) groups excluding carboxylic acids is 2. The van der Waals surface area contributed by atoms with Crippen LogP contribution in [0.4, 0.5) is 4.39 Å². The standard InChI is InChI=1S/C22H26FN3O2/c1-24-10-7-16(14-24)12-21(27)26-9-3-5-18-15-25(11-8-20(18)26)22(28)17-4-2-6-19(23)13-17/h2,4,6-7,10,13-14,18,20H,3,5,8-9,11-12,15H2,1H3/t18-,20+/m1/s1. The summed E-state index contributed by atoms with van der Waals surface area (Å²) in [5.74, 6) is -0.0488. The van der Waals surface area contributed by atoms with Crippen molar-refractivity contribution in [2.45, 2.75) is 31.7 Å². The van der Waals surface area contributed by atoms with Crippen molar-refractivity contribution in [2.24, 2.45) is 13.0 Å². The number of likely N-dealkylation sites (tertiary alicyclic amines) is 2. The summed E-state index contributed by atoms with van der Waals surface area (Å²) in [6.45, 7) is 2.03. The first-order chi connectivity index (χ1) is 13.5. The van der Waals surface area contributed by atoms with Gasteiger partial charge in [-0.1, -0.05) is 6.07 Å². The molecule has 0 unspecified atom stereocenters. The summed E-state index contributed by atoms with van der Waals surface area (Å²) in [6, 6.07) is 8.06. The molecule has 5 nitrogen and oxygen atoms in total. The molecule has 28 heavy (non-hydrogen) atoms. The van der Waals surface area contributed by atoms with Gasteiger partial charge in [-0.2, -0.15) is 0 Å². The number of hydrogen-bond donors (Lipinski definition) is 0. The zero-order valence-electron chi connectivity index (χ0n) is 16.2. The number of hydrogen-bond acceptors (Lipinski definition) is 2. The minimum Gasteiger partial charge on any atom is -0.357 e. The lowest BCUT2D eigenvalue weighted by Crippen LogP contribution is -2.56. The van der Waals surface area contributed by atoms with Crippen molar-refractivity contribution in [1.29, 1.82) is 0 Å². The average Bonchev–Trinajstić information content (AvgIpc) is 3.11. The molecule has 2 aliphatic rings. The number of amides is 2. The molecule has 1 aromatic heterocycles. The van der Waals surface area contributed by atoms with Gasteiger partial charge in [0.05, 0.1) is 6.42 Å². The van der Waals surface area contributed by atoms with Crippen molar-refractivity contribution in [3.63, 3.8) is 0 Å². The average molecular weight is 383 g/mol. The number of rotatable bonds is 3. The number of aromatic nitrogens is 1. The molecule has 0 N–H and O–H groups in total. The van der Waals surface area contributed by atoms with Crippen molar-refractivity contribution < 1.29 is 14.0 Å². The van der Waals surface area contributed by atoms with Gasteiger partial charge < -0.3 is 14.4 Å². The van der Waals surface area contributed by atoms with Gasteiger partial charge in [-0.25, -0.2) is 4.39 Å². The molecule has 4 rings (SSSR count).